The molecule has 0 radical (unpaired) electrons. The van der Waals surface area contributed by atoms with Crippen molar-refractivity contribution in [3.05, 3.63) is 73.3 Å². The van der Waals surface area contributed by atoms with Gasteiger partial charge in [-0.05, 0) is 22.6 Å². The Morgan fingerprint density at radius 1 is 1.16 bits per heavy atom. The average molecular weight is 445 g/mol. The second kappa shape index (κ2) is 8.91. The second-order valence-corrected chi connectivity index (χ2v) is 7.95. The van der Waals surface area contributed by atoms with Crippen LogP contribution >= 0.6 is 0 Å². The van der Waals surface area contributed by atoms with E-state index >= 15 is 0 Å². The highest BCUT2D eigenvalue weighted by molar-refractivity contribution is 5.90. The molecule has 1 aliphatic heterocycles. The van der Waals surface area contributed by atoms with Gasteiger partial charge in [-0.15, -0.1) is 5.53 Å². The van der Waals surface area contributed by atoms with Gasteiger partial charge in [0.25, 0.3) is 5.69 Å². The fourth-order valence-corrected chi connectivity index (χ4v) is 2.97. The van der Waals surface area contributed by atoms with Crippen molar-refractivity contribution in [1.82, 2.24) is 21.5 Å². The highest BCUT2D eigenvalue weighted by Crippen LogP contribution is 2.41. The maximum Gasteiger partial charge on any atom is 0.299 e. The lowest BCUT2D eigenvalue weighted by Crippen LogP contribution is -2.37. The van der Waals surface area contributed by atoms with E-state index in [4.69, 9.17) is 0 Å². The van der Waals surface area contributed by atoms with Gasteiger partial charge in [0.15, 0.2) is 5.69 Å². The molecule has 172 valence electrons. The van der Waals surface area contributed by atoms with Gasteiger partial charge in [0.05, 0.1) is 17.2 Å². The molecule has 32 heavy (non-hydrogen) atoms. The molecule has 1 aliphatic rings. The fraction of sp³-hybridized carbons (Fsp3) is 0.278. The zero-order chi connectivity index (χ0) is 23.6. The lowest BCUT2D eigenvalue weighted by atomic mass is 9.87. The summed E-state index contributed by atoms with van der Waals surface area (Å²) in [6, 6.07) is 9.19. The van der Waals surface area contributed by atoms with E-state index in [-0.39, 0.29) is 17.9 Å². The summed E-state index contributed by atoms with van der Waals surface area (Å²) < 4.78 is 0. The summed E-state index contributed by atoms with van der Waals surface area (Å²) in [4.78, 5) is 14.6. The maximum atomic E-state index is 11.6. The van der Waals surface area contributed by atoms with E-state index in [0.717, 1.165) is 11.1 Å². The van der Waals surface area contributed by atoms with Crippen molar-refractivity contribution in [3.63, 3.8) is 0 Å². The number of rotatable bonds is 6. The van der Waals surface area contributed by atoms with Crippen molar-refractivity contribution in [2.75, 3.05) is 10.5 Å². The summed E-state index contributed by atoms with van der Waals surface area (Å²) in [5, 5.41) is 54.4. The molecule has 1 heterocycles. The number of hydrazine groups is 3. The number of aliphatic imine (C=N–C) groups is 1. The Morgan fingerprint density at radius 3 is 2.34 bits per heavy atom. The third kappa shape index (κ3) is 5.02. The molecule has 0 aromatic heterocycles. The number of hydrogen-bond donors (Lipinski definition) is 4. The number of hydrogen-bond acceptors (Lipinski definition) is 11. The summed E-state index contributed by atoms with van der Waals surface area (Å²) in [5.41, 5.74) is 7.13. The van der Waals surface area contributed by atoms with Crippen molar-refractivity contribution >= 4 is 28.7 Å². The molecule has 3 rings (SSSR count). The van der Waals surface area contributed by atoms with Crippen molar-refractivity contribution in [1.29, 1.82) is 0 Å². The molecule has 0 atom stereocenters. The number of nitro groups is 1. The van der Waals surface area contributed by atoms with E-state index in [1.807, 2.05) is 24.3 Å². The van der Waals surface area contributed by atoms with Crippen LogP contribution in [0.25, 0.3) is 0 Å². The predicted octanol–water partition coefficient (Wildman–Crippen LogP) is 2.40. The molecule has 0 bridgehead atoms. The second-order valence-electron chi connectivity index (χ2n) is 7.95. The number of guanidine groups is 1. The zero-order valence-electron chi connectivity index (χ0n) is 17.4. The molecule has 1 saturated heterocycles. The number of benzene rings is 2. The van der Waals surface area contributed by atoms with Crippen LogP contribution in [0.1, 0.15) is 31.9 Å². The van der Waals surface area contributed by atoms with Crippen molar-refractivity contribution in [3.8, 4) is 0 Å². The van der Waals surface area contributed by atoms with Crippen LogP contribution in [0.5, 0.6) is 0 Å². The van der Waals surface area contributed by atoms with E-state index in [0.29, 0.717) is 12.1 Å². The van der Waals surface area contributed by atoms with Crippen LogP contribution in [-0.2, 0) is 12.0 Å². The topological polar surface area (TPSA) is 191 Å². The van der Waals surface area contributed by atoms with Gasteiger partial charge in [-0.1, -0.05) is 45.0 Å². The first-order valence-electron chi connectivity index (χ1n) is 9.32. The van der Waals surface area contributed by atoms with Gasteiger partial charge < -0.3 is 26.1 Å². The lowest BCUT2D eigenvalue weighted by Gasteiger charge is -2.38. The molecule has 0 aliphatic carbocycles. The maximum absolute atomic E-state index is 11.6. The molecule has 0 amide bonds. The zero-order valence-corrected chi connectivity index (χ0v) is 17.4. The highest BCUT2D eigenvalue weighted by Gasteiger charge is 2.25. The highest BCUT2D eigenvalue weighted by atomic mass is 16.8. The summed E-state index contributed by atoms with van der Waals surface area (Å²) in [7, 11) is 0. The monoisotopic (exact) mass is 445 g/mol. The molecule has 4 N–H and O–H groups in total. The van der Waals surface area contributed by atoms with Gasteiger partial charge in [0, 0.05) is 11.8 Å². The largest absolute Gasteiger partial charge is 0.769 e. The van der Waals surface area contributed by atoms with Gasteiger partial charge in [-0.2, -0.15) is 5.53 Å². The van der Waals surface area contributed by atoms with Crippen molar-refractivity contribution in [2.24, 2.45) is 4.99 Å². The summed E-state index contributed by atoms with van der Waals surface area (Å²) >= 11 is 0. The minimum atomic E-state index is -0.926. The summed E-state index contributed by atoms with van der Waals surface area (Å²) in [6.45, 7) is 6.56. The smallest absolute Gasteiger partial charge is 0.299 e. The van der Waals surface area contributed by atoms with Crippen LogP contribution in [0.15, 0.2) is 41.4 Å². The Labute approximate surface area is 182 Å². The summed E-state index contributed by atoms with van der Waals surface area (Å²) in [5.74, 6) is 0.0324. The Bertz CT molecular complexity index is 1020. The quantitative estimate of drug-likeness (QED) is 0.375. The first kappa shape index (κ1) is 23.1. The third-order valence-corrected chi connectivity index (χ3v) is 4.67. The lowest BCUT2D eigenvalue weighted by molar-refractivity contribution is -0.384. The SMILES string of the molecule is CC(C)(C)c1ccc(CN2NNNC2=Nc2c(N([O-])O)cc(N([O-])[O-])cc2[N+](=O)[O-])cc1. The average Bonchev–Trinajstić information content (AvgIpc) is 3.13. The van der Waals surface area contributed by atoms with E-state index in [1.54, 1.807) is 0 Å². The number of nitro benzene ring substituents is 1. The van der Waals surface area contributed by atoms with Crippen molar-refractivity contribution in [2.45, 2.75) is 32.7 Å². The Kier molecular flexibility index (Phi) is 6.45. The predicted molar refractivity (Wildman–Crippen MR) is 117 cm³/mol. The van der Waals surface area contributed by atoms with Crippen LogP contribution in [0.3, 0.4) is 0 Å². The van der Waals surface area contributed by atoms with Crippen molar-refractivity contribution < 1.29 is 10.1 Å². The molecular formula is C18H21N8O6-3. The fourth-order valence-electron chi connectivity index (χ4n) is 2.97. The number of anilines is 2. The van der Waals surface area contributed by atoms with E-state index in [9.17, 15) is 30.9 Å². The summed E-state index contributed by atoms with van der Waals surface area (Å²) in [6.07, 6.45) is 0. The van der Waals surface area contributed by atoms with Crippen LogP contribution in [0, 0.1) is 25.7 Å². The van der Waals surface area contributed by atoms with Crippen LogP contribution in [0.4, 0.5) is 22.7 Å². The molecule has 1 fully saturated rings. The van der Waals surface area contributed by atoms with Crippen LogP contribution in [0.2, 0.25) is 0 Å². The van der Waals surface area contributed by atoms with Gasteiger partial charge >= 0.3 is 0 Å². The Morgan fingerprint density at radius 2 is 1.81 bits per heavy atom. The molecule has 14 heteroatoms. The molecule has 14 nitrogen and oxygen atoms in total. The van der Waals surface area contributed by atoms with Gasteiger partial charge in [-0.3, -0.25) is 25.8 Å². The molecule has 0 spiro atoms. The standard InChI is InChI=1S/C18H21N8O6/c1-18(2,3)12-6-4-11(5-7-12)10-23-17(20-21-22-23)19-16-14(25(29)30)8-13(24(27)28)9-15(16)26(31)32/h4-9,21-22,29H,10H2,1-3H3,(H,19,20)/q-3. The minimum Gasteiger partial charge on any atom is -0.769 e. The van der Waals surface area contributed by atoms with E-state index in [2.05, 4.69) is 42.3 Å². The Balaban J connectivity index is 1.97. The Hall–Kier alpha value is -3.53. The first-order chi connectivity index (χ1) is 15.0. The molecule has 2 aromatic carbocycles. The molecular weight excluding hydrogens is 424 g/mol. The van der Waals surface area contributed by atoms with E-state index in [1.165, 1.54) is 5.01 Å². The third-order valence-electron chi connectivity index (χ3n) is 4.67. The number of nitrogens with zero attached hydrogens (tertiary/aromatic N) is 5. The van der Waals surface area contributed by atoms with Gasteiger partial charge in [0.2, 0.25) is 5.96 Å². The van der Waals surface area contributed by atoms with Crippen LogP contribution in [-0.4, -0.2) is 21.1 Å². The molecule has 0 saturated carbocycles. The molecule has 2 aromatic rings. The minimum absolute atomic E-state index is 0.0140. The first-order valence-corrected chi connectivity index (χ1v) is 9.32. The van der Waals surface area contributed by atoms with Gasteiger partial charge in [-0.25, -0.2) is 4.99 Å². The van der Waals surface area contributed by atoms with E-state index < -0.39 is 38.1 Å². The van der Waals surface area contributed by atoms with Crippen LogP contribution < -0.4 is 26.9 Å². The van der Waals surface area contributed by atoms with Gasteiger partial charge in [0.1, 0.15) is 0 Å². The molecule has 0 unspecified atom stereocenters. The number of nitrogens with one attached hydrogen (secondary N) is 3. The normalized spacial score (nSPS) is 15.1.